The van der Waals surface area contributed by atoms with E-state index in [-0.39, 0.29) is 11.5 Å². The normalized spacial score (nSPS) is 10.9. The van der Waals surface area contributed by atoms with Gasteiger partial charge in [-0.2, -0.15) is 0 Å². The van der Waals surface area contributed by atoms with Crippen LogP contribution in [0.5, 0.6) is 0 Å². The lowest BCUT2D eigenvalue weighted by molar-refractivity contribution is 0.745. The Balaban J connectivity index is 2.37. The maximum atomic E-state index is 12.2. The van der Waals surface area contributed by atoms with Crippen LogP contribution < -0.4 is 5.56 Å². The summed E-state index contributed by atoms with van der Waals surface area (Å²) in [6.07, 6.45) is 0.797. The highest BCUT2D eigenvalue weighted by Crippen LogP contribution is 2.12. The van der Waals surface area contributed by atoms with Crippen molar-refractivity contribution < 1.29 is 0 Å². The van der Waals surface area contributed by atoms with Crippen molar-refractivity contribution in [2.45, 2.75) is 26.2 Å². The third-order valence-electron chi connectivity index (χ3n) is 3.29. The zero-order chi connectivity index (χ0) is 13.1. The standard InChI is InChI=1S/C16H19NO/c1-12(2)15-10-9-14(17(3)16(15)18)11-13-7-5-4-6-8-13/h4-10,12H,11H2,1-3H3. The summed E-state index contributed by atoms with van der Waals surface area (Å²) in [4.78, 5) is 12.2. The van der Waals surface area contributed by atoms with Gasteiger partial charge in [0.15, 0.2) is 0 Å². The second kappa shape index (κ2) is 5.21. The maximum Gasteiger partial charge on any atom is 0.253 e. The molecule has 2 nitrogen and oxygen atoms in total. The van der Waals surface area contributed by atoms with Gasteiger partial charge in [0.25, 0.3) is 5.56 Å². The lowest BCUT2D eigenvalue weighted by Crippen LogP contribution is -2.24. The minimum absolute atomic E-state index is 0.124. The predicted octanol–water partition coefficient (Wildman–Crippen LogP) is 3.10. The van der Waals surface area contributed by atoms with Crippen molar-refractivity contribution in [3.05, 3.63) is 69.6 Å². The average Bonchev–Trinajstić information content (AvgIpc) is 2.36. The van der Waals surface area contributed by atoms with Crippen molar-refractivity contribution in [1.29, 1.82) is 0 Å². The van der Waals surface area contributed by atoms with Crippen LogP contribution >= 0.6 is 0 Å². The minimum atomic E-state index is 0.124. The van der Waals surface area contributed by atoms with E-state index in [1.807, 2.05) is 45.2 Å². The van der Waals surface area contributed by atoms with E-state index in [1.165, 1.54) is 5.56 Å². The Labute approximate surface area is 108 Å². The van der Waals surface area contributed by atoms with E-state index in [4.69, 9.17) is 0 Å². The Bertz CT molecular complexity index is 582. The SMILES string of the molecule is CC(C)c1ccc(Cc2ccccc2)n(C)c1=O. The van der Waals surface area contributed by atoms with Crippen LogP contribution in [0.4, 0.5) is 0 Å². The molecule has 0 atom stereocenters. The number of hydrogen-bond acceptors (Lipinski definition) is 1. The second-order valence-electron chi connectivity index (χ2n) is 4.96. The molecule has 0 aliphatic heterocycles. The Morgan fingerprint density at radius 2 is 1.72 bits per heavy atom. The van der Waals surface area contributed by atoms with E-state index in [2.05, 4.69) is 18.2 Å². The topological polar surface area (TPSA) is 22.0 Å². The van der Waals surface area contributed by atoms with Crippen molar-refractivity contribution >= 4 is 0 Å². The van der Waals surface area contributed by atoms with Crippen molar-refractivity contribution in [2.24, 2.45) is 7.05 Å². The van der Waals surface area contributed by atoms with Gasteiger partial charge in [-0.05, 0) is 17.5 Å². The van der Waals surface area contributed by atoms with Gasteiger partial charge in [0.1, 0.15) is 0 Å². The predicted molar refractivity (Wildman–Crippen MR) is 75.0 cm³/mol. The van der Waals surface area contributed by atoms with Gasteiger partial charge in [0, 0.05) is 24.7 Å². The van der Waals surface area contributed by atoms with Crippen LogP contribution in [0.15, 0.2) is 47.3 Å². The highest BCUT2D eigenvalue weighted by Gasteiger charge is 2.09. The average molecular weight is 241 g/mol. The Hall–Kier alpha value is -1.83. The summed E-state index contributed by atoms with van der Waals surface area (Å²) in [5, 5.41) is 0. The first-order valence-electron chi connectivity index (χ1n) is 6.32. The van der Waals surface area contributed by atoms with Gasteiger partial charge in [0.2, 0.25) is 0 Å². The van der Waals surface area contributed by atoms with Crippen molar-refractivity contribution in [2.75, 3.05) is 0 Å². The summed E-state index contributed by atoms with van der Waals surface area (Å²) in [5.74, 6) is 0.273. The van der Waals surface area contributed by atoms with Gasteiger partial charge in [-0.1, -0.05) is 50.2 Å². The van der Waals surface area contributed by atoms with Crippen molar-refractivity contribution in [3.8, 4) is 0 Å². The van der Waals surface area contributed by atoms with E-state index in [1.54, 1.807) is 4.57 Å². The summed E-state index contributed by atoms with van der Waals surface area (Å²) < 4.78 is 1.77. The number of aromatic nitrogens is 1. The molecule has 2 heteroatoms. The third-order valence-corrected chi connectivity index (χ3v) is 3.29. The van der Waals surface area contributed by atoms with Crippen molar-refractivity contribution in [3.63, 3.8) is 0 Å². The molecule has 0 saturated heterocycles. The first kappa shape index (κ1) is 12.6. The van der Waals surface area contributed by atoms with Gasteiger partial charge < -0.3 is 4.57 Å². The highest BCUT2D eigenvalue weighted by atomic mass is 16.1. The summed E-state index contributed by atoms with van der Waals surface area (Å²) in [7, 11) is 1.85. The molecule has 0 spiro atoms. The summed E-state index contributed by atoms with van der Waals surface area (Å²) in [5.41, 5.74) is 3.29. The van der Waals surface area contributed by atoms with Gasteiger partial charge >= 0.3 is 0 Å². The highest BCUT2D eigenvalue weighted by molar-refractivity contribution is 5.25. The largest absolute Gasteiger partial charge is 0.315 e. The molecule has 0 bridgehead atoms. The van der Waals surface area contributed by atoms with E-state index >= 15 is 0 Å². The molecule has 2 rings (SSSR count). The fourth-order valence-electron chi connectivity index (χ4n) is 2.12. The molecule has 0 N–H and O–H groups in total. The van der Waals surface area contributed by atoms with Gasteiger partial charge in [-0.3, -0.25) is 4.79 Å². The Morgan fingerprint density at radius 1 is 1.06 bits per heavy atom. The van der Waals surface area contributed by atoms with E-state index in [0.29, 0.717) is 0 Å². The monoisotopic (exact) mass is 241 g/mol. The molecule has 0 amide bonds. The lowest BCUT2D eigenvalue weighted by Gasteiger charge is -2.12. The van der Waals surface area contributed by atoms with E-state index in [9.17, 15) is 4.79 Å². The smallest absolute Gasteiger partial charge is 0.253 e. The second-order valence-corrected chi connectivity index (χ2v) is 4.96. The minimum Gasteiger partial charge on any atom is -0.315 e. The molecule has 0 fully saturated rings. The molecule has 2 aromatic rings. The summed E-state index contributed by atoms with van der Waals surface area (Å²) >= 11 is 0. The quantitative estimate of drug-likeness (QED) is 0.809. The lowest BCUT2D eigenvalue weighted by atomic mass is 10.0. The van der Waals surface area contributed by atoms with Crippen LogP contribution in [-0.4, -0.2) is 4.57 Å². The number of hydrogen-bond donors (Lipinski definition) is 0. The van der Waals surface area contributed by atoms with Crippen LogP contribution in [0.1, 0.15) is 36.6 Å². The number of pyridine rings is 1. The molecule has 0 radical (unpaired) electrons. The van der Waals surface area contributed by atoms with Crippen LogP contribution in [0.2, 0.25) is 0 Å². The van der Waals surface area contributed by atoms with Crippen LogP contribution in [0, 0.1) is 0 Å². The molecule has 94 valence electrons. The Kier molecular flexibility index (Phi) is 3.66. The molecule has 0 saturated carbocycles. The molecule has 0 aliphatic rings. The first-order valence-corrected chi connectivity index (χ1v) is 6.32. The third kappa shape index (κ3) is 2.53. The maximum absolute atomic E-state index is 12.2. The molecule has 1 aromatic carbocycles. The number of rotatable bonds is 3. The van der Waals surface area contributed by atoms with Gasteiger partial charge in [0.05, 0.1) is 0 Å². The first-order chi connectivity index (χ1) is 8.59. The Morgan fingerprint density at radius 3 is 2.33 bits per heavy atom. The van der Waals surface area contributed by atoms with E-state index < -0.39 is 0 Å². The fraction of sp³-hybridized carbons (Fsp3) is 0.312. The van der Waals surface area contributed by atoms with Crippen LogP contribution in [0.3, 0.4) is 0 Å². The van der Waals surface area contributed by atoms with Crippen molar-refractivity contribution in [1.82, 2.24) is 4.57 Å². The molecule has 0 aliphatic carbocycles. The van der Waals surface area contributed by atoms with E-state index in [0.717, 1.165) is 17.7 Å². The van der Waals surface area contributed by atoms with Crippen LogP contribution in [0.25, 0.3) is 0 Å². The summed E-state index contributed by atoms with van der Waals surface area (Å²) in [6.45, 7) is 4.10. The summed E-state index contributed by atoms with van der Waals surface area (Å²) in [6, 6.07) is 14.2. The molecule has 1 aromatic heterocycles. The molecule has 18 heavy (non-hydrogen) atoms. The number of benzene rings is 1. The van der Waals surface area contributed by atoms with Crippen LogP contribution in [-0.2, 0) is 13.5 Å². The zero-order valence-electron chi connectivity index (χ0n) is 11.2. The molecular formula is C16H19NO. The number of nitrogens with zero attached hydrogens (tertiary/aromatic N) is 1. The molecular weight excluding hydrogens is 222 g/mol. The zero-order valence-corrected chi connectivity index (χ0v) is 11.2. The molecule has 0 unspecified atom stereocenters. The fourth-order valence-corrected chi connectivity index (χ4v) is 2.12. The van der Waals surface area contributed by atoms with Gasteiger partial charge in [-0.25, -0.2) is 0 Å². The van der Waals surface area contributed by atoms with Gasteiger partial charge in [-0.15, -0.1) is 0 Å². The molecule has 1 heterocycles.